The molecule has 0 amide bonds. The Bertz CT molecular complexity index is 562. The molecule has 0 aromatic heterocycles. The van der Waals surface area contributed by atoms with Gasteiger partial charge in [-0.05, 0) is 24.5 Å². The van der Waals surface area contributed by atoms with Crippen LogP contribution in [0.25, 0.3) is 0 Å². The number of piperidine rings is 1. The number of benzene rings is 1. The molecule has 6 nitrogen and oxygen atoms in total. The number of hydrogen-bond donors (Lipinski definition) is 1. The van der Waals surface area contributed by atoms with Gasteiger partial charge >= 0.3 is 5.97 Å². The van der Waals surface area contributed by atoms with Gasteiger partial charge in [0.15, 0.2) is 11.5 Å². The summed E-state index contributed by atoms with van der Waals surface area (Å²) >= 11 is 0. The summed E-state index contributed by atoms with van der Waals surface area (Å²) in [5.74, 6) is 0.707. The van der Waals surface area contributed by atoms with Crippen molar-refractivity contribution in [3.8, 4) is 11.5 Å². The molecule has 24 heavy (non-hydrogen) atoms. The lowest BCUT2D eigenvalue weighted by Crippen LogP contribution is -2.53. The quantitative estimate of drug-likeness (QED) is 0.858. The molecule has 1 atom stereocenters. The normalized spacial score (nSPS) is 23.8. The van der Waals surface area contributed by atoms with E-state index in [2.05, 4.69) is 4.90 Å². The van der Waals surface area contributed by atoms with Crippen molar-refractivity contribution in [2.75, 3.05) is 40.0 Å². The molecule has 0 radical (unpaired) electrons. The minimum atomic E-state index is -1.18. The molecule has 3 rings (SSSR count). The molecule has 2 aliphatic rings. The fraction of sp³-hybridized carbons (Fsp3) is 0.611. The second-order valence-electron chi connectivity index (χ2n) is 6.58. The molecule has 0 saturated carbocycles. The Hall–Kier alpha value is -1.79. The Kier molecular flexibility index (Phi) is 5.26. The number of nitrogens with zero attached hydrogens (tertiary/aromatic N) is 1. The lowest BCUT2D eigenvalue weighted by Gasteiger charge is -2.39. The van der Waals surface area contributed by atoms with Crippen molar-refractivity contribution in [3.63, 3.8) is 0 Å². The Labute approximate surface area is 142 Å². The smallest absolute Gasteiger partial charge is 0.348 e. The van der Waals surface area contributed by atoms with Gasteiger partial charge in [-0.1, -0.05) is 12.1 Å². The number of rotatable bonds is 6. The van der Waals surface area contributed by atoms with E-state index in [1.54, 1.807) is 19.2 Å². The van der Waals surface area contributed by atoms with E-state index >= 15 is 0 Å². The zero-order valence-corrected chi connectivity index (χ0v) is 14.1. The fourth-order valence-electron chi connectivity index (χ4n) is 3.46. The summed E-state index contributed by atoms with van der Waals surface area (Å²) in [6.07, 6.45) is 2.03. The molecule has 0 aliphatic carbocycles. The second-order valence-corrected chi connectivity index (χ2v) is 6.58. The maximum absolute atomic E-state index is 11.9. The monoisotopic (exact) mass is 335 g/mol. The molecule has 0 bridgehead atoms. The van der Waals surface area contributed by atoms with Crippen LogP contribution in [-0.2, 0) is 9.53 Å². The van der Waals surface area contributed by atoms with Crippen molar-refractivity contribution in [3.05, 3.63) is 24.3 Å². The molecule has 1 aromatic carbocycles. The summed E-state index contributed by atoms with van der Waals surface area (Å²) < 4.78 is 16.7. The van der Waals surface area contributed by atoms with Crippen LogP contribution in [-0.4, -0.2) is 61.5 Å². The number of ether oxygens (including phenoxy) is 3. The van der Waals surface area contributed by atoms with Crippen molar-refractivity contribution >= 4 is 5.97 Å². The number of carboxylic acids is 1. The van der Waals surface area contributed by atoms with E-state index in [0.29, 0.717) is 30.3 Å². The average Bonchev–Trinajstić information content (AvgIpc) is 3.10. The van der Waals surface area contributed by atoms with Crippen LogP contribution in [0.4, 0.5) is 0 Å². The molecule has 6 heteroatoms. The van der Waals surface area contributed by atoms with Gasteiger partial charge in [0.05, 0.1) is 13.7 Å². The largest absolute Gasteiger partial charge is 0.493 e. The van der Waals surface area contributed by atoms with E-state index < -0.39 is 11.6 Å². The Morgan fingerprint density at radius 2 is 2.04 bits per heavy atom. The van der Waals surface area contributed by atoms with E-state index in [9.17, 15) is 9.90 Å². The third kappa shape index (κ3) is 3.65. The van der Waals surface area contributed by atoms with E-state index in [1.165, 1.54) is 0 Å². The molecule has 0 spiro atoms. The maximum Gasteiger partial charge on any atom is 0.348 e. The number of methoxy groups -OCH3 is 1. The number of carbonyl (C=O) groups is 1. The first kappa shape index (κ1) is 17.0. The predicted molar refractivity (Wildman–Crippen MR) is 88.6 cm³/mol. The van der Waals surface area contributed by atoms with Crippen molar-refractivity contribution in [2.45, 2.75) is 24.9 Å². The Morgan fingerprint density at radius 1 is 1.33 bits per heavy atom. The van der Waals surface area contributed by atoms with Gasteiger partial charge < -0.3 is 24.2 Å². The molecule has 2 aliphatic heterocycles. The SMILES string of the molecule is COc1ccccc1OC1(C(=O)O)CCN(C[C@H]2CCOC2)CC1. The number of carboxylic acid groups (broad SMARTS) is 1. The molecular weight excluding hydrogens is 310 g/mol. The highest BCUT2D eigenvalue weighted by Crippen LogP contribution is 2.35. The second kappa shape index (κ2) is 7.40. The highest BCUT2D eigenvalue weighted by molar-refractivity contribution is 5.78. The van der Waals surface area contributed by atoms with E-state index in [0.717, 1.165) is 39.3 Å². The summed E-state index contributed by atoms with van der Waals surface area (Å²) in [5, 5.41) is 9.78. The highest BCUT2D eigenvalue weighted by atomic mass is 16.5. The van der Waals surface area contributed by atoms with Gasteiger partial charge in [0.25, 0.3) is 0 Å². The molecule has 2 fully saturated rings. The lowest BCUT2D eigenvalue weighted by atomic mass is 9.90. The molecule has 2 saturated heterocycles. The number of likely N-dealkylation sites (tertiary alicyclic amines) is 1. The molecular formula is C18H25NO5. The first-order chi connectivity index (χ1) is 11.6. The average molecular weight is 335 g/mol. The molecule has 2 heterocycles. The van der Waals surface area contributed by atoms with Crippen LogP contribution < -0.4 is 9.47 Å². The molecule has 1 N–H and O–H groups in total. The summed E-state index contributed by atoms with van der Waals surface area (Å²) in [6.45, 7) is 4.08. The van der Waals surface area contributed by atoms with Crippen LogP contribution in [0, 0.1) is 5.92 Å². The Morgan fingerprint density at radius 3 is 2.62 bits per heavy atom. The van der Waals surface area contributed by atoms with Gasteiger partial charge in [0.1, 0.15) is 0 Å². The van der Waals surface area contributed by atoms with Gasteiger partial charge in [0.2, 0.25) is 5.60 Å². The van der Waals surface area contributed by atoms with E-state index in [1.807, 2.05) is 12.1 Å². The highest BCUT2D eigenvalue weighted by Gasteiger charge is 2.44. The number of para-hydroxylation sites is 2. The molecule has 132 valence electrons. The maximum atomic E-state index is 11.9. The van der Waals surface area contributed by atoms with Gasteiger partial charge in [-0.3, -0.25) is 0 Å². The molecule has 0 unspecified atom stereocenters. The fourth-order valence-corrected chi connectivity index (χ4v) is 3.46. The van der Waals surface area contributed by atoms with Gasteiger partial charge in [-0.2, -0.15) is 0 Å². The third-order valence-corrected chi connectivity index (χ3v) is 4.97. The Balaban J connectivity index is 1.66. The van der Waals surface area contributed by atoms with Gasteiger partial charge in [-0.15, -0.1) is 0 Å². The predicted octanol–water partition coefficient (Wildman–Crippen LogP) is 2.03. The minimum absolute atomic E-state index is 0.466. The van der Waals surface area contributed by atoms with Gasteiger partial charge in [-0.25, -0.2) is 4.79 Å². The van der Waals surface area contributed by atoms with E-state index in [-0.39, 0.29) is 0 Å². The van der Waals surface area contributed by atoms with E-state index in [4.69, 9.17) is 14.2 Å². The van der Waals surface area contributed by atoms with Gasteiger partial charge in [0, 0.05) is 39.1 Å². The van der Waals surface area contributed by atoms with Crippen LogP contribution in [0.1, 0.15) is 19.3 Å². The summed E-state index contributed by atoms with van der Waals surface area (Å²) in [5.41, 5.74) is -1.18. The number of hydrogen-bond acceptors (Lipinski definition) is 5. The first-order valence-corrected chi connectivity index (χ1v) is 8.48. The zero-order chi connectivity index (χ0) is 17.0. The lowest BCUT2D eigenvalue weighted by molar-refractivity contribution is -0.160. The van der Waals surface area contributed by atoms with Crippen LogP contribution in [0.3, 0.4) is 0 Å². The first-order valence-electron chi connectivity index (χ1n) is 8.48. The summed E-state index contributed by atoms with van der Waals surface area (Å²) in [6, 6.07) is 7.19. The van der Waals surface area contributed by atoms with Crippen LogP contribution >= 0.6 is 0 Å². The van der Waals surface area contributed by atoms with Crippen LogP contribution in [0.5, 0.6) is 11.5 Å². The van der Waals surface area contributed by atoms with Crippen molar-refractivity contribution in [1.82, 2.24) is 4.90 Å². The zero-order valence-electron chi connectivity index (χ0n) is 14.1. The van der Waals surface area contributed by atoms with Crippen molar-refractivity contribution in [2.24, 2.45) is 5.92 Å². The minimum Gasteiger partial charge on any atom is -0.493 e. The van der Waals surface area contributed by atoms with Crippen molar-refractivity contribution < 1.29 is 24.1 Å². The van der Waals surface area contributed by atoms with Crippen LogP contribution in [0.15, 0.2) is 24.3 Å². The topological polar surface area (TPSA) is 68.2 Å². The summed E-state index contributed by atoms with van der Waals surface area (Å²) in [4.78, 5) is 14.3. The molecule has 1 aromatic rings. The summed E-state index contributed by atoms with van der Waals surface area (Å²) in [7, 11) is 1.56. The third-order valence-electron chi connectivity index (χ3n) is 4.97. The standard InChI is InChI=1S/C18H25NO5/c1-22-15-4-2-3-5-16(15)24-18(17(20)21)7-9-19(10-8-18)12-14-6-11-23-13-14/h2-5,14H,6-13H2,1H3,(H,20,21)/t14-/m1/s1. The number of aliphatic carboxylic acids is 1. The van der Waals surface area contributed by atoms with Crippen molar-refractivity contribution in [1.29, 1.82) is 0 Å². The van der Waals surface area contributed by atoms with Crippen LogP contribution in [0.2, 0.25) is 0 Å².